The lowest BCUT2D eigenvalue weighted by atomic mass is 10.2. The predicted molar refractivity (Wildman–Crippen MR) is 66.4 cm³/mol. The molecule has 0 rings (SSSR count). The summed E-state index contributed by atoms with van der Waals surface area (Å²) >= 11 is 0. The van der Waals surface area contributed by atoms with Gasteiger partial charge < -0.3 is 28.7 Å². The van der Waals surface area contributed by atoms with Gasteiger partial charge in [-0.2, -0.15) is 0 Å². The molecule has 0 spiro atoms. The van der Waals surface area contributed by atoms with Crippen molar-refractivity contribution in [1.82, 2.24) is 0 Å². The molecule has 0 fully saturated rings. The number of nitrogens with two attached hydrogens (primary N) is 3. The van der Waals surface area contributed by atoms with Crippen LogP contribution in [0, 0.1) is 5.92 Å². The Morgan fingerprint density at radius 2 is 0.842 bits per heavy atom. The Balaban J connectivity index is 3.66. The molecule has 0 unspecified atom stereocenters. The smallest absolute Gasteiger partial charge is 0.0913 e. The van der Waals surface area contributed by atoms with Gasteiger partial charge in [-0.15, -0.1) is 0 Å². The molecule has 0 aromatic carbocycles. The van der Waals surface area contributed by atoms with Crippen LogP contribution in [0.2, 0.25) is 0 Å². The third-order valence-electron chi connectivity index (χ3n) is 2.10. The van der Waals surface area contributed by atoms with Gasteiger partial charge in [0.15, 0.2) is 0 Å². The normalized spacial score (nSPS) is 11.4. The summed E-state index contributed by atoms with van der Waals surface area (Å²) in [6.45, 7) is 3.74. The molecule has 6 N–H and O–H groups in total. The van der Waals surface area contributed by atoms with Gasteiger partial charge in [-0.05, 0) is 0 Å². The molecule has 0 bridgehead atoms. The predicted octanol–water partition coefficient (Wildman–Crippen LogP) is -1.68. The molecular formula is C10H25N3O6. The maximum Gasteiger partial charge on any atom is 0.0913 e. The Labute approximate surface area is 113 Å². The standard InChI is InChI=1S/C10H25N3O6/c11-17-4-1-14-7-10(8-15-2-5-18-12)9-16-3-6-19-13/h10H,1-9,11-13H2. The quantitative estimate of drug-likeness (QED) is 0.238. The van der Waals surface area contributed by atoms with Crippen molar-refractivity contribution in [3.8, 4) is 0 Å². The number of hydrogen-bond acceptors (Lipinski definition) is 9. The molecule has 0 aromatic heterocycles. The minimum absolute atomic E-state index is 0.0910. The molecule has 9 nitrogen and oxygen atoms in total. The van der Waals surface area contributed by atoms with Crippen LogP contribution < -0.4 is 17.7 Å². The fourth-order valence-electron chi connectivity index (χ4n) is 1.22. The van der Waals surface area contributed by atoms with Crippen molar-refractivity contribution in [3.05, 3.63) is 0 Å². The minimum atomic E-state index is 0.0910. The van der Waals surface area contributed by atoms with E-state index in [1.165, 1.54) is 0 Å². The second kappa shape index (κ2) is 15.7. The second-order valence-electron chi connectivity index (χ2n) is 3.70. The highest BCUT2D eigenvalue weighted by molar-refractivity contribution is 4.56. The van der Waals surface area contributed by atoms with Gasteiger partial charge in [0, 0.05) is 5.92 Å². The molecule has 19 heavy (non-hydrogen) atoms. The van der Waals surface area contributed by atoms with Crippen LogP contribution in [0.25, 0.3) is 0 Å². The molecule has 0 aliphatic heterocycles. The molecule has 0 aromatic rings. The summed E-state index contributed by atoms with van der Waals surface area (Å²) < 4.78 is 16.1. The molecular weight excluding hydrogens is 258 g/mol. The molecule has 0 aliphatic rings. The molecule has 0 saturated carbocycles. The first kappa shape index (κ1) is 18.6. The first-order valence-electron chi connectivity index (χ1n) is 6.03. The van der Waals surface area contributed by atoms with Crippen molar-refractivity contribution < 1.29 is 28.7 Å². The topological polar surface area (TPSA) is 133 Å². The Bertz CT molecular complexity index is 149. The number of ether oxygens (including phenoxy) is 3. The van der Waals surface area contributed by atoms with E-state index in [0.717, 1.165) is 0 Å². The van der Waals surface area contributed by atoms with E-state index in [1.807, 2.05) is 0 Å². The highest BCUT2D eigenvalue weighted by Crippen LogP contribution is 2.01. The van der Waals surface area contributed by atoms with E-state index in [1.54, 1.807) is 0 Å². The molecule has 0 saturated heterocycles. The van der Waals surface area contributed by atoms with Crippen molar-refractivity contribution in [2.24, 2.45) is 23.6 Å². The summed E-state index contributed by atoms with van der Waals surface area (Å²) in [6, 6.07) is 0. The Kier molecular flexibility index (Phi) is 15.4. The highest BCUT2D eigenvalue weighted by Gasteiger charge is 2.10. The number of hydrogen-bond donors (Lipinski definition) is 3. The Morgan fingerprint density at radius 3 is 1.11 bits per heavy atom. The zero-order chi connectivity index (χ0) is 14.2. The summed E-state index contributed by atoms with van der Waals surface area (Å²) in [6.07, 6.45) is 0. The fraction of sp³-hybridized carbons (Fsp3) is 1.00. The van der Waals surface area contributed by atoms with Crippen molar-refractivity contribution >= 4 is 0 Å². The monoisotopic (exact) mass is 283 g/mol. The van der Waals surface area contributed by atoms with Crippen molar-refractivity contribution in [2.45, 2.75) is 0 Å². The van der Waals surface area contributed by atoms with Gasteiger partial charge in [-0.3, -0.25) is 0 Å². The first-order valence-corrected chi connectivity index (χ1v) is 6.03. The lowest BCUT2D eigenvalue weighted by molar-refractivity contribution is -0.0373. The lowest BCUT2D eigenvalue weighted by Crippen LogP contribution is -2.25. The maximum absolute atomic E-state index is 5.37. The average Bonchev–Trinajstić information content (AvgIpc) is 2.43. The molecule has 0 aliphatic carbocycles. The van der Waals surface area contributed by atoms with Crippen LogP contribution in [0.15, 0.2) is 0 Å². The van der Waals surface area contributed by atoms with E-state index in [0.29, 0.717) is 59.5 Å². The van der Waals surface area contributed by atoms with Gasteiger partial charge in [-0.1, -0.05) is 0 Å². The van der Waals surface area contributed by atoms with E-state index in [9.17, 15) is 0 Å². The maximum atomic E-state index is 5.37. The van der Waals surface area contributed by atoms with E-state index >= 15 is 0 Å². The molecule has 0 amide bonds. The largest absolute Gasteiger partial charge is 0.379 e. The van der Waals surface area contributed by atoms with Crippen LogP contribution in [0.5, 0.6) is 0 Å². The van der Waals surface area contributed by atoms with Gasteiger partial charge in [0.05, 0.1) is 59.5 Å². The van der Waals surface area contributed by atoms with Crippen LogP contribution in [-0.4, -0.2) is 59.5 Å². The lowest BCUT2D eigenvalue weighted by Gasteiger charge is -2.17. The summed E-state index contributed by atoms with van der Waals surface area (Å²) in [5.41, 5.74) is 0. The summed E-state index contributed by atoms with van der Waals surface area (Å²) in [5.74, 6) is 14.8. The second-order valence-corrected chi connectivity index (χ2v) is 3.70. The van der Waals surface area contributed by atoms with Gasteiger partial charge in [-0.25, -0.2) is 17.7 Å². The number of rotatable bonds is 15. The van der Waals surface area contributed by atoms with Crippen LogP contribution >= 0.6 is 0 Å². The molecule has 116 valence electrons. The van der Waals surface area contributed by atoms with Gasteiger partial charge >= 0.3 is 0 Å². The van der Waals surface area contributed by atoms with Crippen LogP contribution in [0.1, 0.15) is 0 Å². The van der Waals surface area contributed by atoms with Crippen molar-refractivity contribution in [2.75, 3.05) is 59.5 Å². The fourth-order valence-corrected chi connectivity index (χ4v) is 1.22. The highest BCUT2D eigenvalue weighted by atomic mass is 16.6. The average molecular weight is 283 g/mol. The summed E-state index contributed by atoms with van der Waals surface area (Å²) in [4.78, 5) is 13.2. The summed E-state index contributed by atoms with van der Waals surface area (Å²) in [5, 5.41) is 0. The SMILES string of the molecule is NOCCOCC(COCCON)COCCON. The first-order chi connectivity index (χ1) is 9.35. The van der Waals surface area contributed by atoms with E-state index < -0.39 is 0 Å². The van der Waals surface area contributed by atoms with E-state index in [4.69, 9.17) is 31.9 Å². The third-order valence-corrected chi connectivity index (χ3v) is 2.10. The van der Waals surface area contributed by atoms with Gasteiger partial charge in [0.25, 0.3) is 0 Å². The minimum Gasteiger partial charge on any atom is -0.379 e. The zero-order valence-electron chi connectivity index (χ0n) is 11.1. The Morgan fingerprint density at radius 1 is 0.526 bits per heavy atom. The van der Waals surface area contributed by atoms with E-state index in [-0.39, 0.29) is 5.92 Å². The molecule has 0 heterocycles. The zero-order valence-corrected chi connectivity index (χ0v) is 11.1. The van der Waals surface area contributed by atoms with Crippen molar-refractivity contribution in [3.63, 3.8) is 0 Å². The molecule has 0 radical (unpaired) electrons. The van der Waals surface area contributed by atoms with Gasteiger partial charge in [0.2, 0.25) is 0 Å². The van der Waals surface area contributed by atoms with Crippen LogP contribution in [0.4, 0.5) is 0 Å². The van der Waals surface area contributed by atoms with E-state index in [2.05, 4.69) is 14.5 Å². The summed E-state index contributed by atoms with van der Waals surface area (Å²) in [7, 11) is 0. The van der Waals surface area contributed by atoms with Crippen LogP contribution in [-0.2, 0) is 28.7 Å². The van der Waals surface area contributed by atoms with Crippen molar-refractivity contribution in [1.29, 1.82) is 0 Å². The van der Waals surface area contributed by atoms with Crippen LogP contribution in [0.3, 0.4) is 0 Å². The molecule has 0 atom stereocenters. The Hall–Kier alpha value is -0.360. The van der Waals surface area contributed by atoms with Gasteiger partial charge in [0.1, 0.15) is 0 Å². The third kappa shape index (κ3) is 13.9. The molecule has 9 heteroatoms.